The Morgan fingerprint density at radius 1 is 0.875 bits per heavy atom. The summed E-state index contributed by atoms with van der Waals surface area (Å²) >= 11 is 12.2. The molecule has 0 amide bonds. The second-order valence-corrected chi connectivity index (χ2v) is 6.97. The van der Waals surface area contributed by atoms with Crippen molar-refractivity contribution in [3.05, 3.63) is 63.6 Å². The molecule has 0 spiro atoms. The Kier molecular flexibility index (Phi) is 7.90. The Balaban J connectivity index is 1.84. The highest BCUT2D eigenvalue weighted by Gasteiger charge is 2.08. The van der Waals surface area contributed by atoms with Gasteiger partial charge in [0.05, 0.1) is 15.7 Å². The van der Waals surface area contributed by atoms with E-state index in [0.717, 1.165) is 44.5 Å². The minimum atomic E-state index is 0.468. The van der Waals surface area contributed by atoms with Gasteiger partial charge < -0.3 is 10.6 Å². The van der Waals surface area contributed by atoms with Crippen LogP contribution in [0.5, 0.6) is 0 Å². The third-order valence-corrected chi connectivity index (χ3v) is 4.80. The van der Waals surface area contributed by atoms with E-state index >= 15 is 0 Å². The van der Waals surface area contributed by atoms with Crippen molar-refractivity contribution in [3.63, 3.8) is 0 Å². The molecule has 0 saturated carbocycles. The van der Waals surface area contributed by atoms with Crippen LogP contribution in [0.2, 0.25) is 10.0 Å². The van der Waals surface area contributed by atoms with Crippen molar-refractivity contribution in [1.82, 2.24) is 4.90 Å². The van der Waals surface area contributed by atoms with E-state index in [1.807, 2.05) is 12.1 Å². The lowest BCUT2D eigenvalue weighted by atomic mass is 10.1. The van der Waals surface area contributed by atoms with Crippen molar-refractivity contribution in [2.24, 2.45) is 0 Å². The zero-order chi connectivity index (χ0) is 17.4. The highest BCUT2D eigenvalue weighted by Crippen LogP contribution is 2.29. The number of benzene rings is 2. The molecule has 0 aromatic heterocycles. The summed E-state index contributed by atoms with van der Waals surface area (Å²) in [5.41, 5.74) is 8.82. The fourth-order valence-electron chi connectivity index (χ4n) is 2.87. The summed E-state index contributed by atoms with van der Waals surface area (Å²) in [6.45, 7) is 5.46. The summed E-state index contributed by atoms with van der Waals surface area (Å²) in [6.07, 6.45) is 4.40. The lowest BCUT2D eigenvalue weighted by Crippen LogP contribution is -2.28. The molecule has 0 aliphatic heterocycles. The summed E-state index contributed by atoms with van der Waals surface area (Å²) < 4.78 is 0. The van der Waals surface area contributed by atoms with E-state index in [0.29, 0.717) is 15.7 Å². The molecule has 0 atom stereocenters. The molecule has 0 saturated heterocycles. The number of hydrogen-bond donors (Lipinski definition) is 1. The third kappa shape index (κ3) is 6.01. The first-order valence-electron chi connectivity index (χ1n) is 8.59. The Labute approximate surface area is 155 Å². The van der Waals surface area contributed by atoms with Crippen molar-refractivity contribution < 1.29 is 0 Å². The van der Waals surface area contributed by atoms with Crippen LogP contribution in [-0.2, 0) is 12.8 Å². The first-order chi connectivity index (χ1) is 11.6. The molecular formula is C20H26Cl2N2. The van der Waals surface area contributed by atoms with Crippen LogP contribution in [0, 0.1) is 0 Å². The molecule has 0 aliphatic rings. The predicted octanol–water partition coefficient (Wildman–Crippen LogP) is 5.46. The second-order valence-electron chi connectivity index (χ2n) is 6.15. The van der Waals surface area contributed by atoms with E-state index in [1.54, 1.807) is 0 Å². The van der Waals surface area contributed by atoms with Gasteiger partial charge in [-0.25, -0.2) is 0 Å². The molecule has 2 N–H and O–H groups in total. The van der Waals surface area contributed by atoms with Gasteiger partial charge in [0.25, 0.3) is 0 Å². The van der Waals surface area contributed by atoms with Gasteiger partial charge in [-0.3, -0.25) is 0 Å². The van der Waals surface area contributed by atoms with E-state index in [2.05, 4.69) is 42.2 Å². The maximum Gasteiger partial charge on any atom is 0.0693 e. The molecule has 0 unspecified atom stereocenters. The lowest BCUT2D eigenvalue weighted by Gasteiger charge is -2.22. The van der Waals surface area contributed by atoms with Crippen molar-refractivity contribution in [2.45, 2.75) is 32.6 Å². The van der Waals surface area contributed by atoms with E-state index in [4.69, 9.17) is 28.9 Å². The SMILES string of the molecule is CCCN(CCCc1ccccc1)CCc1cc(Cl)c(N)c(Cl)c1. The minimum Gasteiger partial charge on any atom is -0.396 e. The molecule has 2 nitrogen and oxygen atoms in total. The molecular weight excluding hydrogens is 339 g/mol. The van der Waals surface area contributed by atoms with Gasteiger partial charge >= 0.3 is 0 Å². The van der Waals surface area contributed by atoms with Gasteiger partial charge in [0.15, 0.2) is 0 Å². The number of nitrogen functional groups attached to an aromatic ring is 1. The van der Waals surface area contributed by atoms with Gasteiger partial charge in [0.2, 0.25) is 0 Å². The number of aryl methyl sites for hydroxylation is 1. The van der Waals surface area contributed by atoms with Crippen LogP contribution in [0.15, 0.2) is 42.5 Å². The first kappa shape index (κ1) is 19.1. The van der Waals surface area contributed by atoms with Crippen molar-refractivity contribution in [1.29, 1.82) is 0 Å². The Morgan fingerprint density at radius 2 is 1.54 bits per heavy atom. The number of anilines is 1. The van der Waals surface area contributed by atoms with Crippen LogP contribution in [0.1, 0.15) is 30.9 Å². The van der Waals surface area contributed by atoms with E-state index < -0.39 is 0 Å². The maximum atomic E-state index is 6.12. The van der Waals surface area contributed by atoms with Gasteiger partial charge in [-0.2, -0.15) is 0 Å². The molecule has 130 valence electrons. The highest BCUT2D eigenvalue weighted by atomic mass is 35.5. The van der Waals surface area contributed by atoms with Gasteiger partial charge in [0.1, 0.15) is 0 Å². The van der Waals surface area contributed by atoms with Crippen LogP contribution < -0.4 is 5.73 Å². The van der Waals surface area contributed by atoms with Crippen molar-refractivity contribution >= 4 is 28.9 Å². The van der Waals surface area contributed by atoms with Crippen LogP contribution in [0.4, 0.5) is 5.69 Å². The lowest BCUT2D eigenvalue weighted by molar-refractivity contribution is 0.274. The van der Waals surface area contributed by atoms with Gasteiger partial charge in [0, 0.05) is 6.54 Å². The molecule has 0 aliphatic carbocycles. The molecule has 24 heavy (non-hydrogen) atoms. The summed E-state index contributed by atoms with van der Waals surface area (Å²) in [6, 6.07) is 14.5. The monoisotopic (exact) mass is 364 g/mol. The van der Waals surface area contributed by atoms with Gasteiger partial charge in [-0.15, -0.1) is 0 Å². The summed E-state index contributed by atoms with van der Waals surface area (Å²) in [7, 11) is 0. The summed E-state index contributed by atoms with van der Waals surface area (Å²) in [4.78, 5) is 2.51. The second kappa shape index (κ2) is 9.93. The number of halogens is 2. The summed E-state index contributed by atoms with van der Waals surface area (Å²) in [5, 5.41) is 1.09. The van der Waals surface area contributed by atoms with E-state index in [9.17, 15) is 0 Å². The summed E-state index contributed by atoms with van der Waals surface area (Å²) in [5.74, 6) is 0. The Morgan fingerprint density at radius 3 is 2.17 bits per heavy atom. The fraction of sp³-hybridized carbons (Fsp3) is 0.400. The van der Waals surface area contributed by atoms with Crippen LogP contribution >= 0.6 is 23.2 Å². The quantitative estimate of drug-likeness (QED) is 0.598. The Bertz CT molecular complexity index is 606. The van der Waals surface area contributed by atoms with Gasteiger partial charge in [-0.1, -0.05) is 60.5 Å². The first-order valence-corrected chi connectivity index (χ1v) is 9.35. The molecule has 0 fully saturated rings. The molecule has 0 radical (unpaired) electrons. The molecule has 2 rings (SSSR count). The number of nitrogens with two attached hydrogens (primary N) is 1. The average Bonchev–Trinajstić information content (AvgIpc) is 2.58. The smallest absolute Gasteiger partial charge is 0.0693 e. The van der Waals surface area contributed by atoms with Crippen LogP contribution in [-0.4, -0.2) is 24.5 Å². The molecule has 0 bridgehead atoms. The average molecular weight is 365 g/mol. The van der Waals surface area contributed by atoms with Crippen LogP contribution in [0.25, 0.3) is 0 Å². The van der Waals surface area contributed by atoms with Gasteiger partial charge in [-0.05, 0) is 62.0 Å². The van der Waals surface area contributed by atoms with E-state index in [-0.39, 0.29) is 0 Å². The highest BCUT2D eigenvalue weighted by molar-refractivity contribution is 6.38. The molecule has 4 heteroatoms. The predicted molar refractivity (Wildman–Crippen MR) is 106 cm³/mol. The number of nitrogens with zero attached hydrogens (tertiary/aromatic N) is 1. The topological polar surface area (TPSA) is 29.3 Å². The minimum absolute atomic E-state index is 0.468. The standard InChI is InChI=1S/C20H26Cl2N2/c1-2-11-24(12-6-9-16-7-4-3-5-8-16)13-10-17-14-18(21)20(23)19(22)15-17/h3-5,7-8,14-15H,2,6,9-13,23H2,1H3. The fourth-order valence-corrected chi connectivity index (χ4v) is 3.40. The zero-order valence-electron chi connectivity index (χ0n) is 14.3. The third-order valence-electron chi connectivity index (χ3n) is 4.18. The molecule has 2 aromatic rings. The maximum absolute atomic E-state index is 6.12. The van der Waals surface area contributed by atoms with Crippen molar-refractivity contribution in [3.8, 4) is 0 Å². The van der Waals surface area contributed by atoms with E-state index in [1.165, 1.54) is 12.0 Å². The largest absolute Gasteiger partial charge is 0.396 e. The van der Waals surface area contributed by atoms with Crippen molar-refractivity contribution in [2.75, 3.05) is 25.4 Å². The normalized spacial score (nSPS) is 11.2. The molecule has 2 aromatic carbocycles. The number of rotatable bonds is 9. The Hall–Kier alpha value is -1.22. The van der Waals surface area contributed by atoms with Crippen LogP contribution in [0.3, 0.4) is 0 Å². The molecule has 0 heterocycles. The zero-order valence-corrected chi connectivity index (χ0v) is 15.8. The number of hydrogen-bond acceptors (Lipinski definition) is 2.